The summed E-state index contributed by atoms with van der Waals surface area (Å²) in [5, 5.41) is 8.62. The summed E-state index contributed by atoms with van der Waals surface area (Å²) in [5.41, 5.74) is 0.401. The Kier molecular flexibility index (Phi) is 6.01. The summed E-state index contributed by atoms with van der Waals surface area (Å²) in [6.07, 6.45) is 0.348. The molecule has 1 amide bonds. The molecule has 0 heterocycles. The minimum Gasteiger partial charge on any atom is -0.341 e. The molecule has 0 aromatic heterocycles. The van der Waals surface area contributed by atoms with Crippen LogP contribution in [-0.4, -0.2) is 23.9 Å². The fourth-order valence-electron chi connectivity index (χ4n) is 1.86. The Balaban J connectivity index is 2.71. The maximum atomic E-state index is 13.5. The molecule has 1 aromatic carbocycles. The number of nitriles is 1. The Bertz CT molecular complexity index is 465. The number of nitrogens with zero attached hydrogens (tertiary/aromatic N) is 2. The number of benzene rings is 1. The number of carbonyl (C=O) groups is 1. The molecule has 0 aliphatic carbocycles. The molecule has 0 N–H and O–H groups in total. The van der Waals surface area contributed by atoms with E-state index in [0.717, 1.165) is 0 Å². The van der Waals surface area contributed by atoms with Crippen LogP contribution in [0.5, 0.6) is 0 Å². The molecule has 0 unspecified atom stereocenters. The zero-order valence-corrected chi connectivity index (χ0v) is 11.4. The Morgan fingerprint density at radius 3 is 2.68 bits per heavy atom. The fraction of sp³-hybridized carbons (Fsp3) is 0.467. The lowest BCUT2D eigenvalue weighted by molar-refractivity contribution is -0.131. The summed E-state index contributed by atoms with van der Waals surface area (Å²) in [5.74, 6) is -0.169. The first-order chi connectivity index (χ1) is 9.04. The van der Waals surface area contributed by atoms with E-state index >= 15 is 0 Å². The third kappa shape index (κ3) is 5.09. The first-order valence-electron chi connectivity index (χ1n) is 6.42. The molecule has 19 heavy (non-hydrogen) atoms. The normalized spacial score (nSPS) is 10.3. The van der Waals surface area contributed by atoms with Crippen LogP contribution in [-0.2, 0) is 11.2 Å². The van der Waals surface area contributed by atoms with Crippen LogP contribution >= 0.6 is 0 Å². The van der Waals surface area contributed by atoms with E-state index in [2.05, 4.69) is 0 Å². The van der Waals surface area contributed by atoms with E-state index in [-0.39, 0.29) is 18.1 Å². The van der Waals surface area contributed by atoms with E-state index in [1.165, 1.54) is 6.07 Å². The molecule has 102 valence electrons. The zero-order valence-electron chi connectivity index (χ0n) is 11.4. The SMILES string of the molecule is CC(C)CN(CCC#N)C(=O)Cc1ccccc1F. The smallest absolute Gasteiger partial charge is 0.227 e. The minimum atomic E-state index is -0.361. The number of hydrogen-bond acceptors (Lipinski definition) is 2. The monoisotopic (exact) mass is 262 g/mol. The number of hydrogen-bond donors (Lipinski definition) is 0. The van der Waals surface area contributed by atoms with Crippen LogP contribution in [0.4, 0.5) is 4.39 Å². The van der Waals surface area contributed by atoms with Gasteiger partial charge in [0.25, 0.3) is 0 Å². The zero-order chi connectivity index (χ0) is 14.3. The molecule has 1 rings (SSSR count). The molecule has 0 spiro atoms. The van der Waals surface area contributed by atoms with Crippen LogP contribution < -0.4 is 0 Å². The van der Waals surface area contributed by atoms with Crippen molar-refractivity contribution >= 4 is 5.91 Å². The molecule has 0 atom stereocenters. The predicted octanol–water partition coefficient (Wildman–Crippen LogP) is 2.77. The van der Waals surface area contributed by atoms with Crippen LogP contribution in [0.1, 0.15) is 25.8 Å². The highest BCUT2D eigenvalue weighted by atomic mass is 19.1. The van der Waals surface area contributed by atoms with Gasteiger partial charge < -0.3 is 4.90 Å². The second kappa shape index (κ2) is 7.52. The number of carbonyl (C=O) groups excluding carboxylic acids is 1. The van der Waals surface area contributed by atoms with E-state index < -0.39 is 0 Å². The fourth-order valence-corrected chi connectivity index (χ4v) is 1.86. The number of amides is 1. The molecular formula is C15H19FN2O. The number of halogens is 1. The van der Waals surface area contributed by atoms with Gasteiger partial charge in [0, 0.05) is 13.1 Å². The first kappa shape index (κ1) is 15.2. The van der Waals surface area contributed by atoms with Crippen LogP contribution in [0.15, 0.2) is 24.3 Å². The van der Waals surface area contributed by atoms with E-state index in [1.54, 1.807) is 23.1 Å². The molecular weight excluding hydrogens is 243 g/mol. The summed E-state index contributed by atoms with van der Waals surface area (Å²) >= 11 is 0. The Morgan fingerprint density at radius 2 is 2.11 bits per heavy atom. The minimum absolute atomic E-state index is 0.0465. The molecule has 1 aromatic rings. The van der Waals surface area contributed by atoms with Crippen molar-refractivity contribution in [2.45, 2.75) is 26.7 Å². The lowest BCUT2D eigenvalue weighted by atomic mass is 10.1. The van der Waals surface area contributed by atoms with Gasteiger partial charge in [-0.15, -0.1) is 0 Å². The van der Waals surface area contributed by atoms with E-state index in [1.807, 2.05) is 19.9 Å². The van der Waals surface area contributed by atoms with Crippen molar-refractivity contribution in [3.8, 4) is 6.07 Å². The summed E-state index contributed by atoms with van der Waals surface area (Å²) in [7, 11) is 0. The largest absolute Gasteiger partial charge is 0.341 e. The van der Waals surface area contributed by atoms with Crippen molar-refractivity contribution in [2.75, 3.05) is 13.1 Å². The highest BCUT2D eigenvalue weighted by Crippen LogP contribution is 2.10. The average Bonchev–Trinajstić information content (AvgIpc) is 2.36. The van der Waals surface area contributed by atoms with Crippen molar-refractivity contribution in [3.05, 3.63) is 35.6 Å². The third-order valence-corrected chi connectivity index (χ3v) is 2.73. The molecule has 0 aliphatic rings. The van der Waals surface area contributed by atoms with Crippen molar-refractivity contribution < 1.29 is 9.18 Å². The Labute approximate surface area is 113 Å². The van der Waals surface area contributed by atoms with Crippen molar-refractivity contribution in [1.29, 1.82) is 5.26 Å². The van der Waals surface area contributed by atoms with Crippen LogP contribution in [0.2, 0.25) is 0 Å². The Hall–Kier alpha value is -1.89. The molecule has 0 radical (unpaired) electrons. The van der Waals surface area contributed by atoms with Gasteiger partial charge >= 0.3 is 0 Å². The van der Waals surface area contributed by atoms with Gasteiger partial charge in [0.2, 0.25) is 5.91 Å². The highest BCUT2D eigenvalue weighted by molar-refractivity contribution is 5.78. The molecule has 0 bridgehead atoms. The molecule has 0 aliphatic heterocycles. The van der Waals surface area contributed by atoms with Gasteiger partial charge in [-0.1, -0.05) is 32.0 Å². The highest BCUT2D eigenvalue weighted by Gasteiger charge is 2.16. The predicted molar refractivity (Wildman–Crippen MR) is 71.8 cm³/mol. The maximum absolute atomic E-state index is 13.5. The average molecular weight is 262 g/mol. The second-order valence-electron chi connectivity index (χ2n) is 4.91. The number of rotatable bonds is 6. The van der Waals surface area contributed by atoms with Gasteiger partial charge in [0.15, 0.2) is 0 Å². The summed E-state index contributed by atoms with van der Waals surface area (Å²) in [4.78, 5) is 13.8. The lowest BCUT2D eigenvalue weighted by Crippen LogP contribution is -2.36. The topological polar surface area (TPSA) is 44.1 Å². The standard InChI is InChI=1S/C15H19FN2O/c1-12(2)11-18(9-5-8-17)15(19)10-13-6-3-4-7-14(13)16/h3-4,6-7,12H,5,9-11H2,1-2H3. The van der Waals surface area contributed by atoms with Gasteiger partial charge in [0.05, 0.1) is 18.9 Å². The van der Waals surface area contributed by atoms with Crippen molar-refractivity contribution in [1.82, 2.24) is 4.90 Å². The molecule has 0 fully saturated rings. The quantitative estimate of drug-likeness (QED) is 0.791. The molecule has 0 saturated carbocycles. The summed E-state index contributed by atoms with van der Waals surface area (Å²) < 4.78 is 13.5. The summed E-state index contributed by atoms with van der Waals surface area (Å²) in [6, 6.07) is 8.32. The molecule has 3 nitrogen and oxygen atoms in total. The van der Waals surface area contributed by atoms with Gasteiger partial charge in [-0.25, -0.2) is 4.39 Å². The molecule has 4 heteroatoms. The van der Waals surface area contributed by atoms with Gasteiger partial charge in [-0.05, 0) is 17.5 Å². The second-order valence-corrected chi connectivity index (χ2v) is 4.91. The van der Waals surface area contributed by atoms with Gasteiger partial charge in [-0.3, -0.25) is 4.79 Å². The maximum Gasteiger partial charge on any atom is 0.227 e. The van der Waals surface area contributed by atoms with Crippen molar-refractivity contribution in [3.63, 3.8) is 0 Å². The summed E-state index contributed by atoms with van der Waals surface area (Å²) in [6.45, 7) is 5.02. The van der Waals surface area contributed by atoms with E-state index in [4.69, 9.17) is 5.26 Å². The van der Waals surface area contributed by atoms with Crippen molar-refractivity contribution in [2.24, 2.45) is 5.92 Å². The van der Waals surface area contributed by atoms with Crippen LogP contribution in [0.25, 0.3) is 0 Å². The third-order valence-electron chi connectivity index (χ3n) is 2.73. The van der Waals surface area contributed by atoms with Gasteiger partial charge in [-0.2, -0.15) is 5.26 Å². The van der Waals surface area contributed by atoms with E-state index in [0.29, 0.717) is 31.0 Å². The lowest BCUT2D eigenvalue weighted by Gasteiger charge is -2.23. The van der Waals surface area contributed by atoms with E-state index in [9.17, 15) is 9.18 Å². The molecule has 0 saturated heterocycles. The van der Waals surface area contributed by atoms with Crippen LogP contribution in [0, 0.1) is 23.1 Å². The first-order valence-corrected chi connectivity index (χ1v) is 6.42. The van der Waals surface area contributed by atoms with Crippen LogP contribution in [0.3, 0.4) is 0 Å². The Morgan fingerprint density at radius 1 is 1.42 bits per heavy atom. The van der Waals surface area contributed by atoms with Gasteiger partial charge in [0.1, 0.15) is 5.82 Å².